The van der Waals surface area contributed by atoms with E-state index in [1.54, 1.807) is 4.68 Å². The maximum Gasteiger partial charge on any atom is 0.255 e. The van der Waals surface area contributed by atoms with E-state index in [-0.39, 0.29) is 11.9 Å². The summed E-state index contributed by atoms with van der Waals surface area (Å²) in [6.45, 7) is 5.89. The van der Waals surface area contributed by atoms with E-state index in [9.17, 15) is 4.79 Å². The van der Waals surface area contributed by atoms with Crippen molar-refractivity contribution in [3.8, 4) is 0 Å². The van der Waals surface area contributed by atoms with Gasteiger partial charge in [0.1, 0.15) is 0 Å². The summed E-state index contributed by atoms with van der Waals surface area (Å²) in [6.07, 6.45) is 2.49. The first-order valence-electron chi connectivity index (χ1n) is 5.81. The van der Waals surface area contributed by atoms with Gasteiger partial charge in [-0.15, -0.1) is 0 Å². The van der Waals surface area contributed by atoms with E-state index in [0.717, 1.165) is 17.0 Å². The number of nitrogens with one attached hydrogen (secondary N) is 1. The van der Waals surface area contributed by atoms with Gasteiger partial charge in [-0.1, -0.05) is 0 Å². The fourth-order valence-electron chi connectivity index (χ4n) is 2.10. The summed E-state index contributed by atoms with van der Waals surface area (Å²) in [6, 6.07) is 0.284. The third kappa shape index (κ3) is 1.96. The molecule has 0 bridgehead atoms. The van der Waals surface area contributed by atoms with Gasteiger partial charge in [-0.25, -0.2) is 0 Å². The molecule has 1 aliphatic carbocycles. The van der Waals surface area contributed by atoms with Gasteiger partial charge < -0.3 is 5.32 Å². The van der Waals surface area contributed by atoms with Crippen molar-refractivity contribution >= 4 is 5.91 Å². The van der Waals surface area contributed by atoms with Crippen molar-refractivity contribution < 1.29 is 4.79 Å². The summed E-state index contributed by atoms with van der Waals surface area (Å²) < 4.78 is 1.76. The summed E-state index contributed by atoms with van der Waals surface area (Å²) in [4.78, 5) is 12.1. The van der Waals surface area contributed by atoms with Crippen LogP contribution in [0.2, 0.25) is 0 Å². The smallest absolute Gasteiger partial charge is 0.255 e. The van der Waals surface area contributed by atoms with Gasteiger partial charge in [-0.3, -0.25) is 9.48 Å². The summed E-state index contributed by atoms with van der Waals surface area (Å²) in [7, 11) is 1.86. The molecule has 1 amide bonds. The van der Waals surface area contributed by atoms with Crippen LogP contribution in [0, 0.1) is 19.8 Å². The van der Waals surface area contributed by atoms with Crippen LogP contribution in [0.25, 0.3) is 0 Å². The molecule has 1 aliphatic rings. The highest BCUT2D eigenvalue weighted by molar-refractivity contribution is 5.96. The highest BCUT2D eigenvalue weighted by Gasteiger charge is 2.30. The minimum Gasteiger partial charge on any atom is -0.349 e. The van der Waals surface area contributed by atoms with Gasteiger partial charge in [0.05, 0.1) is 11.3 Å². The molecule has 0 aromatic carbocycles. The summed E-state index contributed by atoms with van der Waals surface area (Å²) in [5, 5.41) is 7.32. The first-order chi connectivity index (χ1) is 7.50. The number of aryl methyl sites for hydroxylation is 2. The third-order valence-corrected chi connectivity index (χ3v) is 3.42. The zero-order chi connectivity index (χ0) is 11.9. The first-order valence-corrected chi connectivity index (χ1v) is 5.81. The molecule has 1 atom stereocenters. The van der Waals surface area contributed by atoms with Gasteiger partial charge in [0.2, 0.25) is 0 Å². The highest BCUT2D eigenvalue weighted by Crippen LogP contribution is 2.32. The molecule has 4 nitrogen and oxygen atoms in total. The van der Waals surface area contributed by atoms with Crippen LogP contribution in [0.3, 0.4) is 0 Å². The molecule has 4 heteroatoms. The molecule has 1 heterocycles. The number of amides is 1. The van der Waals surface area contributed by atoms with Gasteiger partial charge >= 0.3 is 0 Å². The SMILES string of the molecule is Cc1nn(C)c(C)c1C(=O)NC(C)C1CC1. The van der Waals surface area contributed by atoms with Crippen LogP contribution >= 0.6 is 0 Å². The van der Waals surface area contributed by atoms with Crippen LogP contribution in [-0.4, -0.2) is 21.7 Å². The van der Waals surface area contributed by atoms with Crippen molar-refractivity contribution in [2.75, 3.05) is 0 Å². The van der Waals surface area contributed by atoms with E-state index in [2.05, 4.69) is 17.3 Å². The molecule has 1 aromatic rings. The number of carbonyl (C=O) groups excluding carboxylic acids is 1. The zero-order valence-electron chi connectivity index (χ0n) is 10.4. The average Bonchev–Trinajstić information content (AvgIpc) is 2.96. The first kappa shape index (κ1) is 11.2. The topological polar surface area (TPSA) is 46.9 Å². The third-order valence-electron chi connectivity index (χ3n) is 3.42. The molecule has 1 saturated carbocycles. The molecule has 16 heavy (non-hydrogen) atoms. The maximum atomic E-state index is 12.1. The Hall–Kier alpha value is -1.32. The Morgan fingerprint density at radius 3 is 2.56 bits per heavy atom. The van der Waals surface area contributed by atoms with E-state index < -0.39 is 0 Å². The Bertz CT molecular complexity index is 418. The van der Waals surface area contributed by atoms with Crippen LogP contribution < -0.4 is 5.32 Å². The van der Waals surface area contributed by atoms with Gasteiger partial charge in [0, 0.05) is 18.8 Å². The number of rotatable bonds is 3. The quantitative estimate of drug-likeness (QED) is 0.842. The molecule has 0 spiro atoms. The van der Waals surface area contributed by atoms with Crippen molar-refractivity contribution in [3.63, 3.8) is 0 Å². The predicted molar refractivity (Wildman–Crippen MR) is 62.3 cm³/mol. The molecular formula is C12H19N3O. The van der Waals surface area contributed by atoms with Crippen LogP contribution in [0.5, 0.6) is 0 Å². The van der Waals surface area contributed by atoms with E-state index in [4.69, 9.17) is 0 Å². The van der Waals surface area contributed by atoms with Crippen LogP contribution in [0.1, 0.15) is 41.5 Å². The molecule has 1 N–H and O–H groups in total. The summed E-state index contributed by atoms with van der Waals surface area (Å²) in [5.74, 6) is 0.698. The number of hydrogen-bond acceptors (Lipinski definition) is 2. The predicted octanol–water partition coefficient (Wildman–Crippen LogP) is 1.57. The van der Waals surface area contributed by atoms with E-state index in [0.29, 0.717) is 5.92 Å². The van der Waals surface area contributed by atoms with E-state index >= 15 is 0 Å². The molecule has 1 aromatic heterocycles. The maximum absolute atomic E-state index is 12.1. The fourth-order valence-corrected chi connectivity index (χ4v) is 2.10. The molecule has 1 fully saturated rings. The molecule has 88 valence electrons. The van der Waals surface area contributed by atoms with E-state index in [1.165, 1.54) is 12.8 Å². The van der Waals surface area contributed by atoms with Crippen molar-refractivity contribution in [3.05, 3.63) is 17.0 Å². The Kier molecular flexibility index (Phi) is 2.74. The number of nitrogens with zero attached hydrogens (tertiary/aromatic N) is 2. The van der Waals surface area contributed by atoms with Gasteiger partial charge in [-0.05, 0) is 39.5 Å². The summed E-state index contributed by atoms with van der Waals surface area (Å²) >= 11 is 0. The van der Waals surface area contributed by atoms with Gasteiger partial charge in [0.15, 0.2) is 0 Å². The molecule has 0 radical (unpaired) electrons. The van der Waals surface area contributed by atoms with Crippen LogP contribution in [-0.2, 0) is 7.05 Å². The molecule has 1 unspecified atom stereocenters. The standard InChI is InChI=1S/C12H19N3O/c1-7(10-5-6-10)13-12(16)11-8(2)14-15(4)9(11)3/h7,10H,5-6H2,1-4H3,(H,13,16). The second-order valence-electron chi connectivity index (χ2n) is 4.77. The lowest BCUT2D eigenvalue weighted by atomic mass is 10.1. The lowest BCUT2D eigenvalue weighted by molar-refractivity contribution is 0.0934. The Morgan fingerprint density at radius 1 is 1.50 bits per heavy atom. The van der Waals surface area contributed by atoms with Crippen LogP contribution in [0.4, 0.5) is 0 Å². The lowest BCUT2D eigenvalue weighted by Gasteiger charge is -2.12. The Labute approximate surface area is 96.0 Å². The number of carbonyl (C=O) groups is 1. The fraction of sp³-hybridized carbons (Fsp3) is 0.667. The van der Waals surface area contributed by atoms with Crippen molar-refractivity contribution in [2.45, 2.75) is 39.7 Å². The largest absolute Gasteiger partial charge is 0.349 e. The van der Waals surface area contributed by atoms with Gasteiger partial charge in [0.25, 0.3) is 5.91 Å². The minimum atomic E-state index is 0.0162. The van der Waals surface area contributed by atoms with Gasteiger partial charge in [-0.2, -0.15) is 5.10 Å². The highest BCUT2D eigenvalue weighted by atomic mass is 16.1. The minimum absolute atomic E-state index is 0.0162. The molecule has 0 aliphatic heterocycles. The monoisotopic (exact) mass is 221 g/mol. The summed E-state index contributed by atoms with van der Waals surface area (Å²) in [5.41, 5.74) is 2.47. The molecule has 2 rings (SSSR count). The molecular weight excluding hydrogens is 202 g/mol. The number of aromatic nitrogens is 2. The van der Waals surface area contributed by atoms with Crippen molar-refractivity contribution in [1.82, 2.24) is 15.1 Å². The van der Waals surface area contributed by atoms with Crippen molar-refractivity contribution in [1.29, 1.82) is 0 Å². The zero-order valence-corrected chi connectivity index (χ0v) is 10.4. The van der Waals surface area contributed by atoms with E-state index in [1.807, 2.05) is 20.9 Å². The van der Waals surface area contributed by atoms with Crippen LogP contribution in [0.15, 0.2) is 0 Å². The molecule has 0 saturated heterocycles. The Morgan fingerprint density at radius 2 is 2.12 bits per heavy atom. The second kappa shape index (κ2) is 3.92. The lowest BCUT2D eigenvalue weighted by Crippen LogP contribution is -2.34. The Balaban J connectivity index is 2.13. The normalized spacial score (nSPS) is 17.2. The second-order valence-corrected chi connectivity index (χ2v) is 4.77. The number of hydrogen-bond donors (Lipinski definition) is 1. The van der Waals surface area contributed by atoms with Crippen molar-refractivity contribution in [2.24, 2.45) is 13.0 Å². The average molecular weight is 221 g/mol.